The van der Waals surface area contributed by atoms with Gasteiger partial charge in [-0.1, -0.05) is 11.6 Å². The topological polar surface area (TPSA) is 38.1 Å². The molecule has 78 valence electrons. The van der Waals surface area contributed by atoms with Gasteiger partial charge >= 0.3 is 0 Å². The van der Waals surface area contributed by atoms with E-state index in [9.17, 15) is 0 Å². The first-order valence-electron chi connectivity index (χ1n) is 4.33. The highest BCUT2D eigenvalue weighted by Gasteiger charge is 2.02. The zero-order valence-corrected chi connectivity index (χ0v) is 10.0. The predicted octanol–water partition coefficient (Wildman–Crippen LogP) is 3.70. The summed E-state index contributed by atoms with van der Waals surface area (Å²) in [6.45, 7) is 0.571. The van der Waals surface area contributed by atoms with Crippen LogP contribution in [0.5, 0.6) is 0 Å². The molecule has 0 atom stereocenters. The molecule has 0 saturated heterocycles. The van der Waals surface area contributed by atoms with Gasteiger partial charge in [0.05, 0.1) is 17.8 Å². The van der Waals surface area contributed by atoms with Crippen molar-refractivity contribution in [3.05, 3.63) is 45.9 Å². The number of aromatic nitrogens is 1. The van der Waals surface area contributed by atoms with Crippen LogP contribution in [0.4, 0.5) is 5.82 Å². The number of nitrogens with zero attached hydrogens (tertiary/aromatic N) is 1. The summed E-state index contributed by atoms with van der Waals surface area (Å²) in [5.74, 6) is 1.49. The van der Waals surface area contributed by atoms with E-state index >= 15 is 0 Å². The van der Waals surface area contributed by atoms with E-state index in [1.807, 2.05) is 12.1 Å². The van der Waals surface area contributed by atoms with Gasteiger partial charge in [0.15, 0.2) is 0 Å². The highest BCUT2D eigenvalue weighted by Crippen LogP contribution is 2.23. The van der Waals surface area contributed by atoms with Crippen LogP contribution in [0.25, 0.3) is 0 Å². The van der Waals surface area contributed by atoms with Crippen LogP contribution in [0.1, 0.15) is 5.76 Å². The summed E-state index contributed by atoms with van der Waals surface area (Å²) in [5, 5.41) is 3.66. The van der Waals surface area contributed by atoms with E-state index < -0.39 is 0 Å². The Morgan fingerprint density at radius 3 is 3.07 bits per heavy atom. The number of furan rings is 1. The van der Waals surface area contributed by atoms with Crippen LogP contribution in [0.2, 0.25) is 5.02 Å². The van der Waals surface area contributed by atoms with Gasteiger partial charge in [0.25, 0.3) is 0 Å². The third-order valence-corrected chi connectivity index (χ3v) is 2.54. The molecule has 2 aromatic heterocycles. The Kier molecular flexibility index (Phi) is 3.28. The molecule has 2 rings (SSSR count). The first-order chi connectivity index (χ1) is 7.25. The summed E-state index contributed by atoms with van der Waals surface area (Å²) in [4.78, 5) is 4.15. The maximum absolute atomic E-state index is 5.98. The number of anilines is 1. The molecule has 0 bridgehead atoms. The van der Waals surface area contributed by atoms with Gasteiger partial charge in [-0.15, -0.1) is 0 Å². The van der Waals surface area contributed by atoms with Gasteiger partial charge in [-0.25, -0.2) is 4.98 Å². The van der Waals surface area contributed by atoms with Crippen LogP contribution in [0.3, 0.4) is 0 Å². The third kappa shape index (κ3) is 2.73. The molecule has 0 fully saturated rings. The molecule has 0 aromatic carbocycles. The molecule has 5 heteroatoms. The van der Waals surface area contributed by atoms with Crippen molar-refractivity contribution in [3.63, 3.8) is 0 Å². The van der Waals surface area contributed by atoms with E-state index in [2.05, 4.69) is 26.2 Å². The zero-order valence-electron chi connectivity index (χ0n) is 7.71. The van der Waals surface area contributed by atoms with Crippen molar-refractivity contribution in [2.45, 2.75) is 6.54 Å². The van der Waals surface area contributed by atoms with E-state index in [-0.39, 0.29) is 0 Å². The van der Waals surface area contributed by atoms with Crippen molar-refractivity contribution in [2.24, 2.45) is 0 Å². The van der Waals surface area contributed by atoms with Gasteiger partial charge in [-0.3, -0.25) is 0 Å². The Morgan fingerprint density at radius 2 is 2.40 bits per heavy atom. The lowest BCUT2D eigenvalue weighted by Crippen LogP contribution is -2.00. The van der Waals surface area contributed by atoms with Crippen molar-refractivity contribution in [1.82, 2.24) is 4.98 Å². The normalized spacial score (nSPS) is 10.3. The lowest BCUT2D eigenvalue weighted by molar-refractivity contribution is 0.518. The van der Waals surface area contributed by atoms with Crippen LogP contribution < -0.4 is 5.32 Å². The lowest BCUT2D eigenvalue weighted by atomic mass is 10.4. The van der Waals surface area contributed by atoms with Crippen molar-refractivity contribution in [2.75, 3.05) is 5.32 Å². The average molecular weight is 288 g/mol. The summed E-state index contributed by atoms with van der Waals surface area (Å²) in [6.07, 6.45) is 3.32. The summed E-state index contributed by atoms with van der Waals surface area (Å²) < 4.78 is 6.03. The Hall–Kier alpha value is -1.00. The molecular weight excluding hydrogens is 279 g/mol. The Bertz CT molecular complexity index is 445. The molecule has 0 radical (unpaired) electrons. The largest absolute Gasteiger partial charge is 0.467 e. The van der Waals surface area contributed by atoms with Crippen LogP contribution in [-0.2, 0) is 6.54 Å². The molecule has 0 spiro atoms. The van der Waals surface area contributed by atoms with E-state index in [1.54, 1.807) is 18.5 Å². The fourth-order valence-corrected chi connectivity index (χ4v) is 1.82. The second kappa shape index (κ2) is 4.68. The SMILES string of the molecule is Clc1cc(Br)cnc1NCc1ccco1. The molecule has 15 heavy (non-hydrogen) atoms. The lowest BCUT2D eigenvalue weighted by Gasteiger charge is -2.05. The molecule has 0 aliphatic carbocycles. The monoisotopic (exact) mass is 286 g/mol. The molecule has 2 heterocycles. The number of rotatable bonds is 3. The Morgan fingerprint density at radius 1 is 1.53 bits per heavy atom. The number of hydrogen-bond donors (Lipinski definition) is 1. The van der Waals surface area contributed by atoms with E-state index in [0.29, 0.717) is 17.4 Å². The van der Waals surface area contributed by atoms with Gasteiger partial charge in [0.2, 0.25) is 0 Å². The predicted molar refractivity (Wildman–Crippen MR) is 63.0 cm³/mol. The highest BCUT2D eigenvalue weighted by atomic mass is 79.9. The highest BCUT2D eigenvalue weighted by molar-refractivity contribution is 9.10. The standard InChI is InChI=1S/C10H8BrClN2O/c11-7-4-9(12)10(13-5-7)14-6-8-2-1-3-15-8/h1-5H,6H2,(H,13,14). The van der Waals surface area contributed by atoms with Crippen LogP contribution in [0, 0.1) is 0 Å². The van der Waals surface area contributed by atoms with Crippen LogP contribution in [0.15, 0.2) is 39.5 Å². The minimum atomic E-state index is 0.571. The third-order valence-electron chi connectivity index (χ3n) is 1.82. The summed E-state index contributed by atoms with van der Waals surface area (Å²) in [7, 11) is 0. The average Bonchev–Trinajstić information content (AvgIpc) is 2.69. The minimum Gasteiger partial charge on any atom is -0.467 e. The van der Waals surface area contributed by atoms with Gasteiger partial charge in [-0.2, -0.15) is 0 Å². The molecule has 0 unspecified atom stereocenters. The van der Waals surface area contributed by atoms with E-state index in [4.69, 9.17) is 16.0 Å². The second-order valence-electron chi connectivity index (χ2n) is 2.92. The minimum absolute atomic E-state index is 0.571. The van der Waals surface area contributed by atoms with Crippen molar-refractivity contribution in [3.8, 4) is 0 Å². The quantitative estimate of drug-likeness (QED) is 0.935. The number of nitrogens with one attached hydrogen (secondary N) is 1. The molecule has 0 aliphatic rings. The first kappa shape index (κ1) is 10.5. The summed E-state index contributed by atoms with van der Waals surface area (Å²) in [6, 6.07) is 5.52. The maximum atomic E-state index is 5.98. The summed E-state index contributed by atoms with van der Waals surface area (Å²) >= 11 is 9.28. The van der Waals surface area contributed by atoms with Crippen LogP contribution in [-0.4, -0.2) is 4.98 Å². The summed E-state index contributed by atoms with van der Waals surface area (Å²) in [5.41, 5.74) is 0. The fraction of sp³-hybridized carbons (Fsp3) is 0.100. The fourth-order valence-electron chi connectivity index (χ4n) is 1.13. The van der Waals surface area contributed by atoms with Crippen molar-refractivity contribution in [1.29, 1.82) is 0 Å². The van der Waals surface area contributed by atoms with Crippen molar-refractivity contribution < 1.29 is 4.42 Å². The maximum Gasteiger partial charge on any atom is 0.145 e. The molecular formula is C10H8BrClN2O. The van der Waals surface area contributed by atoms with Gasteiger partial charge in [0, 0.05) is 10.7 Å². The van der Waals surface area contributed by atoms with Gasteiger partial charge in [0.1, 0.15) is 11.6 Å². The number of pyridine rings is 1. The van der Waals surface area contributed by atoms with Crippen LogP contribution >= 0.6 is 27.5 Å². The molecule has 0 amide bonds. The smallest absolute Gasteiger partial charge is 0.145 e. The van der Waals surface area contributed by atoms with Crippen molar-refractivity contribution >= 4 is 33.3 Å². The first-order valence-corrected chi connectivity index (χ1v) is 5.50. The molecule has 0 saturated carbocycles. The number of halogens is 2. The van der Waals surface area contributed by atoms with E-state index in [1.165, 1.54) is 0 Å². The number of hydrogen-bond acceptors (Lipinski definition) is 3. The van der Waals surface area contributed by atoms with E-state index in [0.717, 1.165) is 10.2 Å². The molecule has 3 nitrogen and oxygen atoms in total. The Balaban J connectivity index is 2.05. The second-order valence-corrected chi connectivity index (χ2v) is 4.24. The molecule has 2 aromatic rings. The van der Waals surface area contributed by atoms with Gasteiger partial charge in [-0.05, 0) is 34.1 Å². The van der Waals surface area contributed by atoms with Gasteiger partial charge < -0.3 is 9.73 Å². The zero-order chi connectivity index (χ0) is 10.7. The molecule has 0 aliphatic heterocycles. The molecule has 1 N–H and O–H groups in total. The Labute approximate surface area is 101 Å².